The maximum absolute atomic E-state index is 12.0. The van der Waals surface area contributed by atoms with E-state index in [0.29, 0.717) is 0 Å². The molecule has 0 aliphatic heterocycles. The van der Waals surface area contributed by atoms with E-state index in [9.17, 15) is 8.42 Å². The van der Waals surface area contributed by atoms with Crippen molar-refractivity contribution >= 4 is 45.8 Å². The summed E-state index contributed by atoms with van der Waals surface area (Å²) in [5.74, 6) is 0. The van der Waals surface area contributed by atoms with Crippen LogP contribution in [0, 0.1) is 13.8 Å². The standard InChI is InChI=1S/C15H16N2O2S.Na/c1-12-3-7-14(8-4-12)11-16-17-20(18,19)15-9-5-13(2)6-10-15;/h3-11,17H,1-2H3;. The van der Waals surface area contributed by atoms with E-state index < -0.39 is 10.0 Å². The Kier molecular flexibility index (Phi) is 6.61. The van der Waals surface area contributed by atoms with Gasteiger partial charge in [-0.15, -0.1) is 0 Å². The van der Waals surface area contributed by atoms with Crippen molar-refractivity contribution in [3.63, 3.8) is 0 Å². The summed E-state index contributed by atoms with van der Waals surface area (Å²) in [5.41, 5.74) is 2.98. The SMILES string of the molecule is Cc1ccc(C=NNS(=O)(=O)c2ccc(C)cc2)cc1.[Na]. The summed E-state index contributed by atoms with van der Waals surface area (Å²) in [6.45, 7) is 3.89. The van der Waals surface area contributed by atoms with E-state index in [1.54, 1.807) is 24.3 Å². The Morgan fingerprint density at radius 2 is 1.38 bits per heavy atom. The van der Waals surface area contributed by atoms with Crippen LogP contribution in [0.2, 0.25) is 0 Å². The number of nitrogens with zero attached hydrogens (tertiary/aromatic N) is 1. The van der Waals surface area contributed by atoms with Crippen LogP contribution < -0.4 is 4.83 Å². The van der Waals surface area contributed by atoms with Crippen LogP contribution in [0.15, 0.2) is 58.5 Å². The van der Waals surface area contributed by atoms with Crippen molar-refractivity contribution in [3.8, 4) is 0 Å². The van der Waals surface area contributed by atoms with Gasteiger partial charge in [-0.25, -0.2) is 4.83 Å². The van der Waals surface area contributed by atoms with Gasteiger partial charge >= 0.3 is 0 Å². The molecule has 0 bridgehead atoms. The van der Waals surface area contributed by atoms with E-state index in [2.05, 4.69) is 9.93 Å². The van der Waals surface area contributed by atoms with Gasteiger partial charge in [0.05, 0.1) is 11.1 Å². The normalized spacial score (nSPS) is 11.1. The molecule has 21 heavy (non-hydrogen) atoms. The molecule has 0 saturated heterocycles. The van der Waals surface area contributed by atoms with Crippen molar-refractivity contribution in [3.05, 3.63) is 65.2 Å². The molecule has 0 aromatic heterocycles. The predicted octanol–water partition coefficient (Wildman–Crippen LogP) is 2.24. The smallest absolute Gasteiger partial charge is 0.200 e. The molecule has 0 heterocycles. The maximum Gasteiger partial charge on any atom is 0.276 e. The molecule has 2 aromatic carbocycles. The second-order valence-corrected chi connectivity index (χ2v) is 6.24. The average Bonchev–Trinajstić information content (AvgIpc) is 2.41. The summed E-state index contributed by atoms with van der Waals surface area (Å²) in [5, 5.41) is 3.78. The van der Waals surface area contributed by atoms with Crippen LogP contribution in [0.1, 0.15) is 16.7 Å². The van der Waals surface area contributed by atoms with E-state index in [-0.39, 0.29) is 34.5 Å². The Balaban J connectivity index is 0.00000220. The molecule has 2 aromatic rings. The van der Waals surface area contributed by atoms with Crippen molar-refractivity contribution in [1.29, 1.82) is 0 Å². The molecule has 0 fully saturated rings. The molecule has 1 N–H and O–H groups in total. The monoisotopic (exact) mass is 311 g/mol. The number of aryl methyl sites for hydroxylation is 2. The fourth-order valence-corrected chi connectivity index (χ4v) is 2.38. The van der Waals surface area contributed by atoms with Gasteiger partial charge in [-0.05, 0) is 31.5 Å². The fraction of sp³-hybridized carbons (Fsp3) is 0.133. The summed E-state index contributed by atoms with van der Waals surface area (Å²) in [6.07, 6.45) is 1.48. The minimum Gasteiger partial charge on any atom is -0.200 e. The first-order chi connectivity index (χ1) is 9.47. The third-order valence-corrected chi connectivity index (χ3v) is 4.03. The summed E-state index contributed by atoms with van der Waals surface area (Å²) < 4.78 is 23.9. The van der Waals surface area contributed by atoms with Crippen LogP contribution in [0.3, 0.4) is 0 Å². The third kappa shape index (κ3) is 5.28. The van der Waals surface area contributed by atoms with Gasteiger partial charge in [0, 0.05) is 29.6 Å². The molecule has 0 amide bonds. The minimum absolute atomic E-state index is 0. The molecule has 0 aliphatic rings. The quantitative estimate of drug-likeness (QED) is 0.535. The Labute approximate surface area is 147 Å². The van der Waals surface area contributed by atoms with Crippen molar-refractivity contribution in [1.82, 2.24) is 4.83 Å². The average molecular weight is 311 g/mol. The predicted molar refractivity (Wildman–Crippen MR) is 86.0 cm³/mol. The van der Waals surface area contributed by atoms with E-state index in [0.717, 1.165) is 16.7 Å². The van der Waals surface area contributed by atoms with Gasteiger partial charge in [0.25, 0.3) is 10.0 Å². The number of hydrogen-bond acceptors (Lipinski definition) is 3. The van der Waals surface area contributed by atoms with Gasteiger partial charge in [-0.3, -0.25) is 0 Å². The van der Waals surface area contributed by atoms with Crippen molar-refractivity contribution in [2.75, 3.05) is 0 Å². The van der Waals surface area contributed by atoms with Gasteiger partial charge < -0.3 is 0 Å². The zero-order chi connectivity index (χ0) is 14.6. The van der Waals surface area contributed by atoms with Crippen LogP contribution in [0.4, 0.5) is 0 Å². The van der Waals surface area contributed by atoms with Crippen LogP contribution >= 0.6 is 0 Å². The van der Waals surface area contributed by atoms with Gasteiger partial charge in [-0.2, -0.15) is 13.5 Å². The molecule has 1 radical (unpaired) electrons. The van der Waals surface area contributed by atoms with E-state index >= 15 is 0 Å². The van der Waals surface area contributed by atoms with Crippen LogP contribution in [0.5, 0.6) is 0 Å². The summed E-state index contributed by atoms with van der Waals surface area (Å²) >= 11 is 0. The molecular formula is C15H16N2NaO2S. The van der Waals surface area contributed by atoms with E-state index in [1.165, 1.54) is 6.21 Å². The first-order valence-corrected chi connectivity index (χ1v) is 7.64. The summed E-state index contributed by atoms with van der Waals surface area (Å²) in [6, 6.07) is 14.2. The largest absolute Gasteiger partial charge is 0.276 e. The van der Waals surface area contributed by atoms with Gasteiger partial charge in [0.15, 0.2) is 0 Å². The van der Waals surface area contributed by atoms with Crippen LogP contribution in [-0.4, -0.2) is 44.2 Å². The van der Waals surface area contributed by atoms with E-state index in [4.69, 9.17) is 0 Å². The molecular weight excluding hydrogens is 295 g/mol. The number of hydrogen-bond donors (Lipinski definition) is 1. The molecule has 2 rings (SSSR count). The molecule has 0 aliphatic carbocycles. The Bertz CT molecular complexity index is 708. The number of benzene rings is 2. The van der Waals surface area contributed by atoms with Gasteiger partial charge in [0.1, 0.15) is 0 Å². The van der Waals surface area contributed by atoms with Crippen molar-refractivity contribution in [2.45, 2.75) is 18.7 Å². The summed E-state index contributed by atoms with van der Waals surface area (Å²) in [4.78, 5) is 2.40. The number of nitrogens with one attached hydrogen (secondary N) is 1. The first kappa shape index (κ1) is 17.9. The first-order valence-electron chi connectivity index (χ1n) is 6.15. The number of hydrazone groups is 1. The molecule has 0 atom stereocenters. The maximum atomic E-state index is 12.0. The van der Waals surface area contributed by atoms with Crippen LogP contribution in [0.25, 0.3) is 0 Å². The molecule has 6 heteroatoms. The number of rotatable bonds is 4. The molecule has 4 nitrogen and oxygen atoms in total. The topological polar surface area (TPSA) is 58.5 Å². The van der Waals surface area contributed by atoms with Crippen molar-refractivity contribution in [2.24, 2.45) is 5.10 Å². The van der Waals surface area contributed by atoms with Gasteiger partial charge in [-0.1, -0.05) is 47.5 Å². The second kappa shape index (κ2) is 7.75. The molecule has 105 valence electrons. The Hall–Kier alpha value is -1.14. The minimum atomic E-state index is -3.60. The van der Waals surface area contributed by atoms with E-state index in [1.807, 2.05) is 38.1 Å². The fourth-order valence-electron chi connectivity index (χ4n) is 1.59. The third-order valence-electron chi connectivity index (χ3n) is 2.80. The second-order valence-electron chi connectivity index (χ2n) is 4.58. The Morgan fingerprint density at radius 3 is 1.90 bits per heavy atom. The summed E-state index contributed by atoms with van der Waals surface area (Å²) in [7, 11) is -3.60. The number of sulfonamides is 1. The zero-order valence-electron chi connectivity index (χ0n) is 12.4. The molecule has 0 spiro atoms. The zero-order valence-corrected chi connectivity index (χ0v) is 15.2. The van der Waals surface area contributed by atoms with Crippen molar-refractivity contribution < 1.29 is 8.42 Å². The Morgan fingerprint density at radius 1 is 0.905 bits per heavy atom. The molecule has 0 saturated carbocycles. The molecule has 0 unspecified atom stereocenters. The van der Waals surface area contributed by atoms with Crippen LogP contribution in [-0.2, 0) is 10.0 Å². The van der Waals surface area contributed by atoms with Gasteiger partial charge in [0.2, 0.25) is 0 Å².